The molecule has 2 nitrogen and oxygen atoms in total. The first-order valence-electron chi connectivity index (χ1n) is 6.19. The molecule has 17 heavy (non-hydrogen) atoms. The van der Waals surface area contributed by atoms with Crippen molar-refractivity contribution in [2.45, 2.75) is 19.8 Å². The molecule has 0 radical (unpaired) electrons. The molecule has 0 aliphatic heterocycles. The predicted octanol–water partition coefficient (Wildman–Crippen LogP) is 2.93. The van der Waals surface area contributed by atoms with Crippen LogP contribution in [0.5, 0.6) is 0 Å². The van der Waals surface area contributed by atoms with Crippen LogP contribution >= 0.6 is 0 Å². The maximum Gasteiger partial charge on any atom is 0.0704 e. The Bertz CT molecular complexity index is 560. The van der Waals surface area contributed by atoms with E-state index < -0.39 is 0 Å². The Morgan fingerprint density at radius 2 is 2.12 bits per heavy atom. The number of nitrogens with two attached hydrogens (primary N) is 1. The highest BCUT2D eigenvalue weighted by molar-refractivity contribution is 5.79. The van der Waals surface area contributed by atoms with Gasteiger partial charge in [0.2, 0.25) is 0 Å². The van der Waals surface area contributed by atoms with Gasteiger partial charge in [-0.15, -0.1) is 0 Å². The van der Waals surface area contributed by atoms with Gasteiger partial charge in [-0.2, -0.15) is 0 Å². The van der Waals surface area contributed by atoms with Crippen LogP contribution in [0.25, 0.3) is 10.9 Å². The van der Waals surface area contributed by atoms with Crippen LogP contribution in [0.3, 0.4) is 0 Å². The second-order valence-electron chi connectivity index (χ2n) is 5.60. The summed E-state index contributed by atoms with van der Waals surface area (Å²) in [4.78, 5) is 4.42. The van der Waals surface area contributed by atoms with Crippen molar-refractivity contribution in [3.8, 4) is 0 Å². The number of rotatable bonds is 2. The van der Waals surface area contributed by atoms with Gasteiger partial charge >= 0.3 is 0 Å². The molecule has 1 saturated carbocycles. The molecule has 0 amide bonds. The second kappa shape index (κ2) is 3.54. The zero-order valence-electron chi connectivity index (χ0n) is 10.4. The number of fused-ring (bicyclic) bond motifs is 1. The van der Waals surface area contributed by atoms with E-state index in [1.807, 2.05) is 12.3 Å². The quantitative estimate of drug-likeness (QED) is 0.855. The minimum atomic E-state index is 0.344. The standard InChI is InChI=1S/C15H18N2/c1-15(2)12(9-16)14(15)11-6-5-10-4-3-7-17-13(10)8-11/h3-8,12,14H,9,16H2,1-2H3. The van der Waals surface area contributed by atoms with Gasteiger partial charge in [-0.05, 0) is 41.5 Å². The summed E-state index contributed by atoms with van der Waals surface area (Å²) in [5, 5.41) is 1.21. The van der Waals surface area contributed by atoms with Crippen molar-refractivity contribution in [3.63, 3.8) is 0 Å². The summed E-state index contributed by atoms with van der Waals surface area (Å²) in [6.45, 7) is 5.38. The predicted molar refractivity (Wildman–Crippen MR) is 70.8 cm³/mol. The van der Waals surface area contributed by atoms with Gasteiger partial charge in [-0.3, -0.25) is 4.98 Å². The highest BCUT2D eigenvalue weighted by Gasteiger charge is 2.57. The van der Waals surface area contributed by atoms with Gasteiger partial charge in [0.05, 0.1) is 5.52 Å². The first-order valence-corrected chi connectivity index (χ1v) is 6.19. The molecule has 2 N–H and O–H groups in total. The molecule has 2 atom stereocenters. The minimum Gasteiger partial charge on any atom is -0.330 e. The molecule has 0 spiro atoms. The fourth-order valence-electron chi connectivity index (χ4n) is 3.12. The third kappa shape index (κ3) is 1.55. The molecule has 88 valence electrons. The number of hydrogen-bond acceptors (Lipinski definition) is 2. The van der Waals surface area contributed by atoms with Gasteiger partial charge < -0.3 is 5.73 Å². The lowest BCUT2D eigenvalue weighted by atomic mass is 10.0. The lowest BCUT2D eigenvalue weighted by Gasteiger charge is -2.04. The smallest absolute Gasteiger partial charge is 0.0704 e. The van der Waals surface area contributed by atoms with E-state index in [-0.39, 0.29) is 0 Å². The number of hydrogen-bond donors (Lipinski definition) is 1. The molecule has 1 aliphatic rings. The number of aromatic nitrogens is 1. The summed E-state index contributed by atoms with van der Waals surface area (Å²) in [7, 11) is 0. The van der Waals surface area contributed by atoms with Crippen molar-refractivity contribution in [2.24, 2.45) is 17.1 Å². The van der Waals surface area contributed by atoms with E-state index >= 15 is 0 Å². The lowest BCUT2D eigenvalue weighted by molar-refractivity contribution is 0.558. The molecule has 0 bridgehead atoms. The second-order valence-corrected chi connectivity index (χ2v) is 5.60. The van der Waals surface area contributed by atoms with E-state index in [1.54, 1.807) is 0 Å². The molecule has 2 heteroatoms. The van der Waals surface area contributed by atoms with Crippen LogP contribution in [0.2, 0.25) is 0 Å². The summed E-state index contributed by atoms with van der Waals surface area (Å²) in [5.74, 6) is 1.21. The normalized spacial score (nSPS) is 26.1. The molecule has 2 unspecified atom stereocenters. The highest BCUT2D eigenvalue weighted by atomic mass is 14.7. The lowest BCUT2D eigenvalue weighted by Crippen LogP contribution is -2.05. The molecular formula is C15H18N2. The Hall–Kier alpha value is -1.41. The average Bonchev–Trinajstić information content (AvgIpc) is 2.90. The summed E-state index contributed by atoms with van der Waals surface area (Å²) < 4.78 is 0. The highest BCUT2D eigenvalue weighted by Crippen LogP contribution is 2.63. The first kappa shape index (κ1) is 10.7. The topological polar surface area (TPSA) is 38.9 Å². The Morgan fingerprint density at radius 1 is 1.29 bits per heavy atom. The fourth-order valence-corrected chi connectivity index (χ4v) is 3.12. The van der Waals surface area contributed by atoms with Crippen molar-refractivity contribution >= 4 is 10.9 Å². The molecule has 1 fully saturated rings. The van der Waals surface area contributed by atoms with Crippen molar-refractivity contribution in [1.29, 1.82) is 0 Å². The number of nitrogens with zero attached hydrogens (tertiary/aromatic N) is 1. The summed E-state index contributed by atoms with van der Waals surface area (Å²) in [6.07, 6.45) is 1.85. The van der Waals surface area contributed by atoms with Crippen LogP contribution < -0.4 is 5.73 Å². The number of pyridine rings is 1. The van der Waals surface area contributed by atoms with E-state index in [0.29, 0.717) is 17.3 Å². The Kier molecular flexibility index (Phi) is 2.23. The van der Waals surface area contributed by atoms with E-state index in [1.165, 1.54) is 10.9 Å². The largest absolute Gasteiger partial charge is 0.330 e. The molecule has 3 rings (SSSR count). The summed E-state index contributed by atoms with van der Waals surface area (Å²) in [5.41, 5.74) is 8.65. The van der Waals surface area contributed by atoms with E-state index in [4.69, 9.17) is 5.73 Å². The van der Waals surface area contributed by atoms with Crippen molar-refractivity contribution in [1.82, 2.24) is 4.98 Å². The molecule has 1 aliphatic carbocycles. The van der Waals surface area contributed by atoms with Crippen LogP contribution in [0.15, 0.2) is 36.5 Å². The van der Waals surface area contributed by atoms with Gasteiger partial charge in [0, 0.05) is 11.6 Å². The van der Waals surface area contributed by atoms with Crippen LogP contribution in [0, 0.1) is 11.3 Å². The maximum absolute atomic E-state index is 5.83. The first-order chi connectivity index (χ1) is 8.14. The van der Waals surface area contributed by atoms with Crippen LogP contribution in [0.4, 0.5) is 0 Å². The van der Waals surface area contributed by atoms with Crippen LogP contribution in [-0.2, 0) is 0 Å². The molecule has 2 aromatic rings. The molecule has 0 saturated heterocycles. The average molecular weight is 226 g/mol. The SMILES string of the molecule is CC1(C)C(CN)C1c1ccc2cccnc2c1. The van der Waals surface area contributed by atoms with Gasteiger partial charge in [-0.1, -0.05) is 32.0 Å². The van der Waals surface area contributed by atoms with Crippen LogP contribution in [0.1, 0.15) is 25.3 Å². The van der Waals surface area contributed by atoms with Gasteiger partial charge in [-0.25, -0.2) is 0 Å². The minimum absolute atomic E-state index is 0.344. The maximum atomic E-state index is 5.83. The number of benzene rings is 1. The Labute approximate surface area is 102 Å². The fraction of sp³-hybridized carbons (Fsp3) is 0.400. The Morgan fingerprint density at radius 3 is 2.82 bits per heavy atom. The van der Waals surface area contributed by atoms with E-state index in [0.717, 1.165) is 12.1 Å². The Balaban J connectivity index is 2.03. The third-order valence-electron chi connectivity index (χ3n) is 4.29. The zero-order chi connectivity index (χ0) is 12.0. The molecule has 1 aromatic heterocycles. The van der Waals surface area contributed by atoms with E-state index in [2.05, 4.69) is 43.1 Å². The zero-order valence-corrected chi connectivity index (χ0v) is 10.4. The summed E-state index contributed by atoms with van der Waals surface area (Å²) in [6, 6.07) is 10.7. The monoisotopic (exact) mass is 226 g/mol. The molecular weight excluding hydrogens is 208 g/mol. The van der Waals surface area contributed by atoms with Crippen LogP contribution in [-0.4, -0.2) is 11.5 Å². The van der Waals surface area contributed by atoms with Crippen molar-refractivity contribution in [3.05, 3.63) is 42.1 Å². The van der Waals surface area contributed by atoms with E-state index in [9.17, 15) is 0 Å². The molecule has 1 aromatic carbocycles. The van der Waals surface area contributed by atoms with Crippen molar-refractivity contribution < 1.29 is 0 Å². The van der Waals surface area contributed by atoms with Crippen molar-refractivity contribution in [2.75, 3.05) is 6.54 Å². The summed E-state index contributed by atoms with van der Waals surface area (Å²) >= 11 is 0. The third-order valence-corrected chi connectivity index (χ3v) is 4.29. The van der Waals surface area contributed by atoms with Gasteiger partial charge in [0.25, 0.3) is 0 Å². The van der Waals surface area contributed by atoms with Gasteiger partial charge in [0.15, 0.2) is 0 Å². The molecule has 1 heterocycles. The van der Waals surface area contributed by atoms with Gasteiger partial charge in [0.1, 0.15) is 0 Å².